The molecule has 0 radical (unpaired) electrons. The van der Waals surface area contributed by atoms with Crippen molar-refractivity contribution in [1.29, 1.82) is 0 Å². The summed E-state index contributed by atoms with van der Waals surface area (Å²) in [6.45, 7) is 0.966. The molecule has 0 spiro atoms. The lowest BCUT2D eigenvalue weighted by atomic mass is 9.76. The van der Waals surface area contributed by atoms with Crippen molar-refractivity contribution in [2.45, 2.75) is 63.0 Å². The van der Waals surface area contributed by atoms with Gasteiger partial charge in [-0.1, -0.05) is 30.7 Å². The minimum atomic E-state index is 0.482. The molecular weight excluding hydrogens is 246 g/mol. The van der Waals surface area contributed by atoms with Crippen LogP contribution in [0.15, 0.2) is 24.3 Å². The van der Waals surface area contributed by atoms with Crippen LogP contribution < -0.4 is 5.32 Å². The van der Waals surface area contributed by atoms with E-state index in [1.807, 2.05) is 0 Å². The predicted molar refractivity (Wildman–Crippen MR) is 83.0 cm³/mol. The Kier molecular flexibility index (Phi) is 4.74. The van der Waals surface area contributed by atoms with Crippen molar-refractivity contribution in [1.82, 2.24) is 5.32 Å². The van der Waals surface area contributed by atoms with Crippen molar-refractivity contribution >= 4 is 0 Å². The summed E-state index contributed by atoms with van der Waals surface area (Å²) in [5, 5.41) is 3.53. The molecule has 1 aromatic carbocycles. The van der Waals surface area contributed by atoms with Crippen LogP contribution in [0.1, 0.15) is 68.0 Å². The Hall–Kier alpha value is -0.860. The van der Waals surface area contributed by atoms with Gasteiger partial charge in [0.1, 0.15) is 0 Å². The minimum absolute atomic E-state index is 0.482. The van der Waals surface area contributed by atoms with Crippen molar-refractivity contribution in [2.75, 3.05) is 13.7 Å². The largest absolute Gasteiger partial charge is 0.378 e. The van der Waals surface area contributed by atoms with Gasteiger partial charge in [0.05, 0.1) is 6.10 Å². The third kappa shape index (κ3) is 3.07. The molecular formula is C18H27NO. The van der Waals surface area contributed by atoms with Gasteiger partial charge in [0.25, 0.3) is 0 Å². The molecule has 1 aromatic rings. The van der Waals surface area contributed by atoms with E-state index in [9.17, 15) is 0 Å². The molecule has 2 aliphatic rings. The van der Waals surface area contributed by atoms with Crippen LogP contribution in [0.2, 0.25) is 0 Å². The highest BCUT2D eigenvalue weighted by Crippen LogP contribution is 2.40. The second-order valence-electron chi connectivity index (χ2n) is 6.31. The minimum Gasteiger partial charge on any atom is -0.378 e. The molecule has 1 saturated carbocycles. The van der Waals surface area contributed by atoms with E-state index in [0.717, 1.165) is 12.5 Å². The molecule has 1 N–H and O–H groups in total. The van der Waals surface area contributed by atoms with Crippen LogP contribution in [-0.4, -0.2) is 19.8 Å². The highest BCUT2D eigenvalue weighted by Gasteiger charge is 2.25. The number of ether oxygens (including phenoxy) is 1. The van der Waals surface area contributed by atoms with Gasteiger partial charge in [-0.15, -0.1) is 0 Å². The zero-order valence-corrected chi connectivity index (χ0v) is 12.6. The van der Waals surface area contributed by atoms with Crippen LogP contribution in [0.5, 0.6) is 0 Å². The summed E-state index contributed by atoms with van der Waals surface area (Å²) in [5.74, 6) is 0.810. The molecule has 1 heterocycles. The Bertz CT molecular complexity index is 421. The van der Waals surface area contributed by atoms with Crippen molar-refractivity contribution in [2.24, 2.45) is 0 Å². The Labute approximate surface area is 122 Å². The van der Waals surface area contributed by atoms with Gasteiger partial charge in [0, 0.05) is 12.6 Å². The van der Waals surface area contributed by atoms with Crippen molar-refractivity contribution in [3.8, 4) is 0 Å². The van der Waals surface area contributed by atoms with Crippen LogP contribution in [0.3, 0.4) is 0 Å². The van der Waals surface area contributed by atoms with Gasteiger partial charge in [0.2, 0.25) is 0 Å². The highest BCUT2D eigenvalue weighted by atomic mass is 16.5. The lowest BCUT2D eigenvalue weighted by Gasteiger charge is -2.30. The summed E-state index contributed by atoms with van der Waals surface area (Å²) in [6.07, 6.45) is 9.52. The van der Waals surface area contributed by atoms with Crippen LogP contribution >= 0.6 is 0 Å². The first-order valence-electron chi connectivity index (χ1n) is 8.26. The lowest BCUT2D eigenvalue weighted by molar-refractivity contribution is 0.0998. The standard InChI is InChI=1S/C18H27NO/c1-19-18(12-11-15-8-5-13-20-15)17-10-3-2-9-16(17)14-6-4-7-14/h2-3,9-10,14-15,18-19H,4-8,11-13H2,1H3. The number of nitrogens with one attached hydrogen (secondary N) is 1. The quantitative estimate of drug-likeness (QED) is 0.839. The van der Waals surface area contributed by atoms with Crippen molar-refractivity contribution in [3.05, 3.63) is 35.4 Å². The maximum absolute atomic E-state index is 5.77. The smallest absolute Gasteiger partial charge is 0.0576 e. The van der Waals surface area contributed by atoms with E-state index >= 15 is 0 Å². The summed E-state index contributed by atoms with van der Waals surface area (Å²) >= 11 is 0. The first kappa shape index (κ1) is 14.1. The molecule has 2 nitrogen and oxygen atoms in total. The normalized spacial score (nSPS) is 24.6. The van der Waals surface area contributed by atoms with E-state index in [0.29, 0.717) is 12.1 Å². The fraction of sp³-hybridized carbons (Fsp3) is 0.667. The Balaban J connectivity index is 1.67. The van der Waals surface area contributed by atoms with Crippen LogP contribution in [0.25, 0.3) is 0 Å². The van der Waals surface area contributed by atoms with Crippen molar-refractivity contribution in [3.63, 3.8) is 0 Å². The van der Waals surface area contributed by atoms with Crippen LogP contribution in [0.4, 0.5) is 0 Å². The first-order valence-corrected chi connectivity index (χ1v) is 8.26. The second kappa shape index (κ2) is 6.73. The maximum atomic E-state index is 5.77. The second-order valence-corrected chi connectivity index (χ2v) is 6.31. The average Bonchev–Trinajstić information content (AvgIpc) is 2.92. The Morgan fingerprint density at radius 1 is 1.20 bits per heavy atom. The van der Waals surface area contributed by atoms with Gasteiger partial charge in [-0.3, -0.25) is 0 Å². The summed E-state index contributed by atoms with van der Waals surface area (Å²) in [6, 6.07) is 9.54. The predicted octanol–water partition coefficient (Wildman–Crippen LogP) is 4.17. The third-order valence-electron chi connectivity index (χ3n) is 5.07. The fourth-order valence-corrected chi connectivity index (χ4v) is 3.60. The molecule has 2 unspecified atom stereocenters. The summed E-state index contributed by atoms with van der Waals surface area (Å²) in [5.41, 5.74) is 3.11. The van der Waals surface area contributed by atoms with Gasteiger partial charge in [0.15, 0.2) is 0 Å². The zero-order chi connectivity index (χ0) is 13.8. The molecule has 20 heavy (non-hydrogen) atoms. The number of benzene rings is 1. The SMILES string of the molecule is CNC(CCC1CCCO1)c1ccccc1C1CCC1. The zero-order valence-electron chi connectivity index (χ0n) is 12.6. The molecule has 0 amide bonds. The molecule has 1 aliphatic heterocycles. The Morgan fingerprint density at radius 2 is 2.05 bits per heavy atom. The molecule has 2 atom stereocenters. The van der Waals surface area contributed by atoms with Gasteiger partial charge in [-0.25, -0.2) is 0 Å². The summed E-state index contributed by atoms with van der Waals surface area (Å²) in [4.78, 5) is 0. The highest BCUT2D eigenvalue weighted by molar-refractivity contribution is 5.34. The molecule has 3 rings (SSSR count). The molecule has 2 fully saturated rings. The maximum Gasteiger partial charge on any atom is 0.0576 e. The molecule has 2 heteroatoms. The third-order valence-corrected chi connectivity index (χ3v) is 5.07. The molecule has 1 aliphatic carbocycles. The van der Waals surface area contributed by atoms with E-state index in [1.165, 1.54) is 50.5 Å². The van der Waals surface area contributed by atoms with Gasteiger partial charge >= 0.3 is 0 Å². The first-order chi connectivity index (χ1) is 9.88. The summed E-state index contributed by atoms with van der Waals surface area (Å²) in [7, 11) is 2.09. The number of rotatable bonds is 6. The molecule has 1 saturated heterocycles. The van der Waals surface area contributed by atoms with E-state index in [-0.39, 0.29) is 0 Å². The fourth-order valence-electron chi connectivity index (χ4n) is 3.60. The van der Waals surface area contributed by atoms with Crippen molar-refractivity contribution < 1.29 is 4.74 Å². The lowest BCUT2D eigenvalue weighted by Crippen LogP contribution is -2.22. The average molecular weight is 273 g/mol. The van der Waals surface area contributed by atoms with Crippen LogP contribution in [0, 0.1) is 0 Å². The Morgan fingerprint density at radius 3 is 2.70 bits per heavy atom. The number of hydrogen-bond donors (Lipinski definition) is 1. The monoisotopic (exact) mass is 273 g/mol. The topological polar surface area (TPSA) is 21.3 Å². The molecule has 110 valence electrons. The van der Waals surface area contributed by atoms with Gasteiger partial charge < -0.3 is 10.1 Å². The molecule has 0 bridgehead atoms. The van der Waals surface area contributed by atoms with E-state index in [4.69, 9.17) is 4.74 Å². The van der Waals surface area contributed by atoms with Gasteiger partial charge in [-0.05, 0) is 62.6 Å². The van der Waals surface area contributed by atoms with Crippen LogP contribution in [-0.2, 0) is 4.74 Å². The van der Waals surface area contributed by atoms with E-state index < -0.39 is 0 Å². The molecule has 0 aromatic heterocycles. The van der Waals surface area contributed by atoms with E-state index in [2.05, 4.69) is 36.6 Å². The number of hydrogen-bond acceptors (Lipinski definition) is 2. The van der Waals surface area contributed by atoms with E-state index in [1.54, 1.807) is 5.56 Å². The van der Waals surface area contributed by atoms with Gasteiger partial charge in [-0.2, -0.15) is 0 Å². The summed E-state index contributed by atoms with van der Waals surface area (Å²) < 4.78 is 5.77.